The molecule has 3 aliphatic rings. The van der Waals surface area contributed by atoms with Crippen molar-refractivity contribution in [3.8, 4) is 0 Å². The molecule has 2 N–H and O–H groups in total. The molecule has 0 radical (unpaired) electrons. The zero-order valence-corrected chi connectivity index (χ0v) is 18.3. The van der Waals surface area contributed by atoms with Gasteiger partial charge in [-0.2, -0.15) is 0 Å². The molecule has 4 rings (SSSR count). The number of carbonyl (C=O) groups is 3. The number of nitrogens with zero attached hydrogens (tertiary/aromatic N) is 2. The molecule has 9 nitrogen and oxygen atoms in total. The van der Waals surface area contributed by atoms with Crippen LogP contribution in [0.2, 0.25) is 0 Å². The van der Waals surface area contributed by atoms with Crippen LogP contribution in [0.25, 0.3) is 0 Å². The molecular weight excluding hydrogens is 402 g/mol. The second kappa shape index (κ2) is 10.7. The number of rotatable bonds is 5. The molecule has 1 saturated carbocycles. The summed E-state index contributed by atoms with van der Waals surface area (Å²) in [4.78, 5) is 35.8. The van der Waals surface area contributed by atoms with Crippen LogP contribution in [0, 0.1) is 31.6 Å². The average molecular weight is 436 g/mol. The molecule has 0 bridgehead atoms. The van der Waals surface area contributed by atoms with E-state index in [0.717, 1.165) is 69.0 Å². The molecule has 0 spiro atoms. The fraction of sp³-hybridized carbons (Fsp3) is 0.727. The number of carboxylic acid groups (broad SMARTS) is 1. The average Bonchev–Trinajstić information content (AvgIpc) is 3.06. The Hall–Kier alpha value is -2.42. The van der Waals surface area contributed by atoms with E-state index in [4.69, 9.17) is 19.2 Å². The first-order valence-electron chi connectivity index (χ1n) is 11.1. The molecule has 172 valence electrons. The van der Waals surface area contributed by atoms with E-state index in [0.29, 0.717) is 24.7 Å². The van der Waals surface area contributed by atoms with E-state index in [1.807, 2.05) is 18.7 Å². The largest absolute Gasteiger partial charge is 0.483 e. The molecule has 0 aromatic carbocycles. The number of hydrogen-bond acceptors (Lipinski definition) is 6. The Bertz CT molecular complexity index is 754. The van der Waals surface area contributed by atoms with E-state index in [1.54, 1.807) is 0 Å². The standard InChI is InChI=1S/C21H31N3O4.CH2O2/c1-13-17(14(2)28-23-13)3-4-20(25)24-8-5-15-11-18(19(15)12-24)21(26)22-16-6-9-27-10-7-16;2-1-3/h15-16,18-19H,3-12H2,1-2H3,(H,22,26);1H,(H,2,3)/t15-,18-,19-;/m1./s1. The number of fused-ring (bicyclic) bond motifs is 1. The van der Waals surface area contributed by atoms with Gasteiger partial charge in [-0.25, -0.2) is 0 Å². The van der Waals surface area contributed by atoms with Crippen molar-refractivity contribution in [2.24, 2.45) is 17.8 Å². The Kier molecular flexibility index (Phi) is 8.06. The number of piperidine rings is 1. The van der Waals surface area contributed by atoms with Gasteiger partial charge in [0.15, 0.2) is 0 Å². The molecule has 31 heavy (non-hydrogen) atoms. The van der Waals surface area contributed by atoms with Crippen LogP contribution in [-0.2, 0) is 25.5 Å². The number of likely N-dealkylation sites (tertiary alicyclic amines) is 1. The summed E-state index contributed by atoms with van der Waals surface area (Å²) in [6.07, 6.45) is 4.93. The van der Waals surface area contributed by atoms with Gasteiger partial charge >= 0.3 is 0 Å². The SMILES string of the molecule is Cc1noc(C)c1CCC(=O)N1CC[C@@H]2C[C@@H](C(=O)NC3CCOCC3)[C@@H]2C1.O=CO. The van der Waals surface area contributed by atoms with E-state index >= 15 is 0 Å². The highest BCUT2D eigenvalue weighted by Crippen LogP contribution is 2.46. The number of aromatic nitrogens is 1. The minimum absolute atomic E-state index is 0.0611. The van der Waals surface area contributed by atoms with Crippen molar-refractivity contribution >= 4 is 18.3 Å². The smallest absolute Gasteiger partial charge is 0.290 e. The second-order valence-electron chi connectivity index (χ2n) is 8.70. The summed E-state index contributed by atoms with van der Waals surface area (Å²) in [5, 5.41) is 14.1. The molecule has 3 fully saturated rings. The van der Waals surface area contributed by atoms with Crippen LogP contribution in [0.5, 0.6) is 0 Å². The van der Waals surface area contributed by atoms with Gasteiger partial charge < -0.3 is 24.6 Å². The van der Waals surface area contributed by atoms with Gasteiger partial charge in [0.25, 0.3) is 6.47 Å². The van der Waals surface area contributed by atoms with Crippen LogP contribution in [0.1, 0.15) is 49.1 Å². The topological polar surface area (TPSA) is 122 Å². The zero-order valence-electron chi connectivity index (χ0n) is 18.3. The lowest BCUT2D eigenvalue weighted by Crippen LogP contribution is -2.57. The fourth-order valence-corrected chi connectivity index (χ4v) is 5.01. The summed E-state index contributed by atoms with van der Waals surface area (Å²) in [7, 11) is 0. The lowest BCUT2D eigenvalue weighted by Gasteiger charge is -2.50. The third-order valence-electron chi connectivity index (χ3n) is 6.91. The van der Waals surface area contributed by atoms with Crippen LogP contribution in [-0.4, -0.2) is 65.8 Å². The number of carbonyl (C=O) groups excluding carboxylic acids is 2. The molecule has 2 amide bonds. The maximum Gasteiger partial charge on any atom is 0.290 e. The summed E-state index contributed by atoms with van der Waals surface area (Å²) in [6.45, 7) is 6.55. The van der Waals surface area contributed by atoms with Crippen molar-refractivity contribution < 1.29 is 28.8 Å². The van der Waals surface area contributed by atoms with Crippen molar-refractivity contribution in [2.45, 2.75) is 58.4 Å². The molecule has 9 heteroatoms. The molecule has 3 heterocycles. The van der Waals surface area contributed by atoms with Gasteiger partial charge in [-0.1, -0.05) is 5.16 Å². The minimum Gasteiger partial charge on any atom is -0.483 e. The van der Waals surface area contributed by atoms with Crippen LogP contribution < -0.4 is 5.32 Å². The van der Waals surface area contributed by atoms with Crippen molar-refractivity contribution in [1.29, 1.82) is 0 Å². The minimum atomic E-state index is -0.250. The van der Waals surface area contributed by atoms with Crippen molar-refractivity contribution in [2.75, 3.05) is 26.3 Å². The van der Waals surface area contributed by atoms with Gasteiger partial charge in [0.05, 0.1) is 5.69 Å². The number of aryl methyl sites for hydroxylation is 2. The lowest BCUT2D eigenvalue weighted by molar-refractivity contribution is -0.146. The molecule has 1 aromatic rings. The maximum absolute atomic E-state index is 12.7. The third kappa shape index (κ3) is 5.64. The van der Waals surface area contributed by atoms with Gasteiger partial charge in [-0.05, 0) is 57.8 Å². The zero-order chi connectivity index (χ0) is 22.4. The van der Waals surface area contributed by atoms with Crippen molar-refractivity contribution in [3.05, 3.63) is 17.0 Å². The fourth-order valence-electron chi connectivity index (χ4n) is 5.01. The van der Waals surface area contributed by atoms with Gasteiger partial charge in [-0.3, -0.25) is 14.4 Å². The monoisotopic (exact) mass is 435 g/mol. The van der Waals surface area contributed by atoms with Crippen LogP contribution in [0.4, 0.5) is 0 Å². The molecule has 2 saturated heterocycles. The number of hydrogen-bond donors (Lipinski definition) is 2. The van der Waals surface area contributed by atoms with Gasteiger partial charge in [0.2, 0.25) is 11.8 Å². The van der Waals surface area contributed by atoms with E-state index < -0.39 is 0 Å². The van der Waals surface area contributed by atoms with Gasteiger partial charge in [0.1, 0.15) is 5.76 Å². The Morgan fingerprint density at radius 3 is 2.61 bits per heavy atom. The Morgan fingerprint density at radius 1 is 1.26 bits per heavy atom. The molecule has 3 atom stereocenters. The number of amides is 2. The Labute approximate surface area is 182 Å². The number of ether oxygens (including phenoxy) is 1. The van der Waals surface area contributed by atoms with Crippen molar-refractivity contribution in [3.63, 3.8) is 0 Å². The summed E-state index contributed by atoms with van der Waals surface area (Å²) in [6, 6.07) is 0.247. The molecule has 1 aromatic heterocycles. The highest BCUT2D eigenvalue weighted by molar-refractivity contribution is 5.81. The predicted molar refractivity (Wildman–Crippen MR) is 111 cm³/mol. The highest BCUT2D eigenvalue weighted by Gasteiger charge is 2.48. The van der Waals surface area contributed by atoms with E-state index in [2.05, 4.69) is 10.5 Å². The van der Waals surface area contributed by atoms with Crippen LogP contribution in [0.15, 0.2) is 4.52 Å². The first-order chi connectivity index (χ1) is 14.9. The Morgan fingerprint density at radius 2 is 1.97 bits per heavy atom. The summed E-state index contributed by atoms with van der Waals surface area (Å²) < 4.78 is 10.6. The predicted octanol–water partition coefficient (Wildman–Crippen LogP) is 1.70. The van der Waals surface area contributed by atoms with Gasteiger partial charge in [0, 0.05) is 50.2 Å². The number of nitrogens with one attached hydrogen (secondary N) is 1. The first kappa shape index (κ1) is 23.2. The maximum atomic E-state index is 12.7. The Balaban J connectivity index is 0.000000858. The molecule has 2 aliphatic heterocycles. The van der Waals surface area contributed by atoms with Gasteiger partial charge in [-0.15, -0.1) is 0 Å². The third-order valence-corrected chi connectivity index (χ3v) is 6.91. The second-order valence-corrected chi connectivity index (χ2v) is 8.70. The first-order valence-corrected chi connectivity index (χ1v) is 11.1. The molecular formula is C22H33N3O6. The normalized spacial score (nSPS) is 25.5. The lowest BCUT2D eigenvalue weighted by atomic mass is 9.61. The van der Waals surface area contributed by atoms with Crippen LogP contribution in [0.3, 0.4) is 0 Å². The van der Waals surface area contributed by atoms with Crippen LogP contribution >= 0.6 is 0 Å². The summed E-state index contributed by atoms with van der Waals surface area (Å²) in [5.41, 5.74) is 1.91. The summed E-state index contributed by atoms with van der Waals surface area (Å²) in [5.74, 6) is 2.12. The summed E-state index contributed by atoms with van der Waals surface area (Å²) >= 11 is 0. The van der Waals surface area contributed by atoms with Crippen molar-refractivity contribution in [1.82, 2.24) is 15.4 Å². The van der Waals surface area contributed by atoms with E-state index in [-0.39, 0.29) is 30.2 Å². The highest BCUT2D eigenvalue weighted by atomic mass is 16.5. The van der Waals surface area contributed by atoms with E-state index in [1.165, 1.54) is 0 Å². The molecule has 1 aliphatic carbocycles. The quantitative estimate of drug-likeness (QED) is 0.675. The molecule has 0 unspecified atom stereocenters. The van der Waals surface area contributed by atoms with E-state index in [9.17, 15) is 9.59 Å².